The maximum atomic E-state index is 12.8. The van der Waals surface area contributed by atoms with Crippen LogP contribution >= 0.6 is 0 Å². The van der Waals surface area contributed by atoms with Crippen LogP contribution in [-0.2, 0) is 9.53 Å². The average Bonchev–Trinajstić information content (AvgIpc) is 3.18. The largest absolute Gasteiger partial charge is 0.368 e. The summed E-state index contributed by atoms with van der Waals surface area (Å²) in [5.41, 5.74) is 1.27. The minimum absolute atomic E-state index is 0.0377. The van der Waals surface area contributed by atoms with Crippen LogP contribution in [0.25, 0.3) is 0 Å². The van der Waals surface area contributed by atoms with E-state index in [2.05, 4.69) is 5.32 Å². The maximum absolute atomic E-state index is 12.8. The number of rotatable bonds is 5. The number of hydrogen-bond donors (Lipinski definition) is 1. The lowest BCUT2D eigenvalue weighted by Gasteiger charge is -2.27. The van der Waals surface area contributed by atoms with E-state index >= 15 is 0 Å². The summed E-state index contributed by atoms with van der Waals surface area (Å²) in [5, 5.41) is 2.86. The van der Waals surface area contributed by atoms with E-state index in [0.717, 1.165) is 25.7 Å². The lowest BCUT2D eigenvalue weighted by molar-refractivity contribution is -0.124. The minimum atomic E-state index is -0.368. The summed E-state index contributed by atoms with van der Waals surface area (Å²) >= 11 is 0. The highest BCUT2D eigenvalue weighted by atomic mass is 16.5. The van der Waals surface area contributed by atoms with E-state index in [1.807, 2.05) is 30.9 Å². The zero-order chi connectivity index (χ0) is 16.4. The third kappa shape index (κ3) is 3.72. The predicted octanol–water partition coefficient (Wildman–Crippen LogP) is 2.82. The van der Waals surface area contributed by atoms with Crippen molar-refractivity contribution in [3.63, 3.8) is 0 Å². The lowest BCUT2D eigenvalue weighted by atomic mass is 10.1. The monoisotopic (exact) mass is 316 g/mol. The molecule has 1 N–H and O–H groups in total. The quantitative estimate of drug-likeness (QED) is 0.909. The van der Waals surface area contributed by atoms with Gasteiger partial charge in [-0.15, -0.1) is 0 Å². The molecule has 124 valence electrons. The fraction of sp³-hybridized carbons (Fsp3) is 0.556. The normalized spacial score (nSPS) is 20.6. The molecule has 5 heteroatoms. The molecule has 3 rings (SSSR count). The first-order valence-corrected chi connectivity index (χ1v) is 8.41. The lowest BCUT2D eigenvalue weighted by Crippen LogP contribution is -2.38. The molecular formula is C18H24N2O3. The third-order valence-corrected chi connectivity index (χ3v) is 4.33. The van der Waals surface area contributed by atoms with E-state index in [1.54, 1.807) is 12.1 Å². The number of benzene rings is 1. The molecule has 1 saturated carbocycles. The molecule has 0 unspecified atom stereocenters. The molecule has 2 fully saturated rings. The molecule has 1 aromatic rings. The molecule has 1 atom stereocenters. The summed E-state index contributed by atoms with van der Waals surface area (Å²) in [6.07, 6.45) is 3.47. The van der Waals surface area contributed by atoms with Crippen molar-refractivity contribution < 1.29 is 14.3 Å². The molecular weight excluding hydrogens is 292 g/mol. The summed E-state index contributed by atoms with van der Waals surface area (Å²) in [6, 6.07) is 7.73. The second-order valence-corrected chi connectivity index (χ2v) is 6.61. The Hall–Kier alpha value is -1.88. The topological polar surface area (TPSA) is 58.6 Å². The van der Waals surface area contributed by atoms with Crippen LogP contribution in [0, 0.1) is 0 Å². The van der Waals surface area contributed by atoms with Gasteiger partial charge < -0.3 is 15.0 Å². The van der Waals surface area contributed by atoms with Crippen LogP contribution in [0.5, 0.6) is 0 Å². The third-order valence-electron chi connectivity index (χ3n) is 4.33. The van der Waals surface area contributed by atoms with Gasteiger partial charge in [-0.3, -0.25) is 9.59 Å². The van der Waals surface area contributed by atoms with Crippen LogP contribution in [0.15, 0.2) is 24.3 Å². The minimum Gasteiger partial charge on any atom is -0.368 e. The van der Waals surface area contributed by atoms with E-state index in [1.165, 1.54) is 0 Å². The van der Waals surface area contributed by atoms with Crippen molar-refractivity contribution in [2.45, 2.75) is 57.7 Å². The maximum Gasteiger partial charge on any atom is 0.254 e. The Morgan fingerprint density at radius 2 is 2.04 bits per heavy atom. The Kier molecular flexibility index (Phi) is 4.66. The number of ether oxygens (including phenoxy) is 1. The van der Waals surface area contributed by atoms with Gasteiger partial charge in [-0.05, 0) is 57.7 Å². The highest BCUT2D eigenvalue weighted by molar-refractivity contribution is 5.98. The summed E-state index contributed by atoms with van der Waals surface area (Å²) < 4.78 is 5.39. The summed E-state index contributed by atoms with van der Waals surface area (Å²) in [5.74, 6) is -0.0919. The van der Waals surface area contributed by atoms with Gasteiger partial charge in [0.25, 0.3) is 11.8 Å². The summed E-state index contributed by atoms with van der Waals surface area (Å²) in [6.45, 7) is 4.72. The van der Waals surface area contributed by atoms with E-state index in [0.29, 0.717) is 23.9 Å². The SMILES string of the molecule is CC(C)N(C(=O)c1cccc(NC(=O)[C@H]2CCCO2)c1)C1CC1. The van der Waals surface area contributed by atoms with Crippen molar-refractivity contribution in [2.24, 2.45) is 0 Å². The van der Waals surface area contributed by atoms with Crippen molar-refractivity contribution in [1.29, 1.82) is 0 Å². The Morgan fingerprint density at radius 1 is 1.26 bits per heavy atom. The highest BCUT2D eigenvalue weighted by Crippen LogP contribution is 2.30. The predicted molar refractivity (Wildman–Crippen MR) is 88.4 cm³/mol. The van der Waals surface area contributed by atoms with Crippen molar-refractivity contribution >= 4 is 17.5 Å². The fourth-order valence-electron chi connectivity index (χ4n) is 3.06. The van der Waals surface area contributed by atoms with E-state index in [4.69, 9.17) is 4.74 Å². The summed E-state index contributed by atoms with van der Waals surface area (Å²) in [7, 11) is 0. The fourth-order valence-corrected chi connectivity index (χ4v) is 3.06. The van der Waals surface area contributed by atoms with Crippen LogP contribution < -0.4 is 5.32 Å². The Bertz CT molecular complexity index is 588. The first-order chi connectivity index (χ1) is 11.1. The molecule has 0 spiro atoms. The Morgan fingerprint density at radius 3 is 2.65 bits per heavy atom. The molecule has 23 heavy (non-hydrogen) atoms. The number of anilines is 1. The van der Waals surface area contributed by atoms with Gasteiger partial charge in [-0.2, -0.15) is 0 Å². The molecule has 0 radical (unpaired) electrons. The first-order valence-electron chi connectivity index (χ1n) is 8.41. The van der Waals surface area contributed by atoms with Crippen LogP contribution in [-0.4, -0.2) is 41.5 Å². The Balaban J connectivity index is 1.71. The standard InChI is InChI=1S/C18H24N2O3/c1-12(2)20(15-8-9-15)18(22)13-5-3-6-14(11-13)19-17(21)16-7-4-10-23-16/h3,5-6,11-12,15-16H,4,7-10H2,1-2H3,(H,19,21)/t16-/m1/s1. The molecule has 1 aromatic carbocycles. The number of hydrogen-bond acceptors (Lipinski definition) is 3. The molecule has 2 amide bonds. The van der Waals surface area contributed by atoms with Gasteiger partial charge in [0.1, 0.15) is 6.10 Å². The molecule has 1 aliphatic heterocycles. The van der Waals surface area contributed by atoms with Gasteiger partial charge in [0, 0.05) is 29.9 Å². The van der Waals surface area contributed by atoms with Crippen molar-refractivity contribution in [3.05, 3.63) is 29.8 Å². The van der Waals surface area contributed by atoms with Crippen LogP contribution in [0.4, 0.5) is 5.69 Å². The second kappa shape index (κ2) is 6.71. The van der Waals surface area contributed by atoms with Gasteiger partial charge in [-0.25, -0.2) is 0 Å². The van der Waals surface area contributed by atoms with E-state index in [9.17, 15) is 9.59 Å². The van der Waals surface area contributed by atoms with Gasteiger partial charge in [0.05, 0.1) is 0 Å². The van der Waals surface area contributed by atoms with Gasteiger partial charge >= 0.3 is 0 Å². The molecule has 5 nitrogen and oxygen atoms in total. The second-order valence-electron chi connectivity index (χ2n) is 6.61. The van der Waals surface area contributed by atoms with E-state index < -0.39 is 0 Å². The van der Waals surface area contributed by atoms with Crippen LogP contribution in [0.3, 0.4) is 0 Å². The van der Waals surface area contributed by atoms with Crippen molar-refractivity contribution in [3.8, 4) is 0 Å². The zero-order valence-electron chi connectivity index (χ0n) is 13.7. The molecule has 0 bridgehead atoms. The number of amides is 2. The Labute approximate surface area is 137 Å². The average molecular weight is 316 g/mol. The number of carbonyl (C=O) groups is 2. The zero-order valence-corrected chi connectivity index (χ0v) is 13.7. The number of nitrogens with zero attached hydrogens (tertiary/aromatic N) is 1. The van der Waals surface area contributed by atoms with Crippen molar-refractivity contribution in [2.75, 3.05) is 11.9 Å². The van der Waals surface area contributed by atoms with Gasteiger partial charge in [0.15, 0.2) is 0 Å². The van der Waals surface area contributed by atoms with E-state index in [-0.39, 0.29) is 24.0 Å². The van der Waals surface area contributed by atoms with Gasteiger partial charge in [-0.1, -0.05) is 6.07 Å². The van der Waals surface area contributed by atoms with Crippen LogP contribution in [0.2, 0.25) is 0 Å². The summed E-state index contributed by atoms with van der Waals surface area (Å²) in [4.78, 5) is 26.8. The highest BCUT2D eigenvalue weighted by Gasteiger charge is 2.34. The van der Waals surface area contributed by atoms with Crippen LogP contribution in [0.1, 0.15) is 49.9 Å². The molecule has 1 saturated heterocycles. The molecule has 2 aliphatic rings. The molecule has 1 heterocycles. The first kappa shape index (κ1) is 16.0. The number of carbonyl (C=O) groups excluding carboxylic acids is 2. The van der Waals surface area contributed by atoms with Gasteiger partial charge in [0.2, 0.25) is 0 Å². The van der Waals surface area contributed by atoms with Crippen molar-refractivity contribution in [1.82, 2.24) is 4.90 Å². The molecule has 1 aliphatic carbocycles. The number of nitrogens with one attached hydrogen (secondary N) is 1. The smallest absolute Gasteiger partial charge is 0.254 e. The molecule has 0 aromatic heterocycles.